The second kappa shape index (κ2) is 6.68. The number of piperidine rings is 1. The van der Waals surface area contributed by atoms with Gasteiger partial charge in [0.25, 0.3) is 0 Å². The van der Waals surface area contributed by atoms with E-state index in [9.17, 15) is 0 Å². The van der Waals surface area contributed by atoms with Crippen LogP contribution in [0.1, 0.15) is 44.1 Å². The van der Waals surface area contributed by atoms with Gasteiger partial charge in [0.05, 0.1) is 22.3 Å². The second-order valence-corrected chi connectivity index (χ2v) is 6.62. The molecule has 3 nitrogen and oxygen atoms in total. The predicted molar refractivity (Wildman–Crippen MR) is 86.6 cm³/mol. The highest BCUT2D eigenvalue weighted by atomic mass is 35.5. The van der Waals surface area contributed by atoms with Gasteiger partial charge in [0.15, 0.2) is 0 Å². The van der Waals surface area contributed by atoms with Gasteiger partial charge in [-0.1, -0.05) is 24.4 Å². The zero-order valence-corrected chi connectivity index (χ0v) is 13.0. The molecule has 1 saturated heterocycles. The summed E-state index contributed by atoms with van der Waals surface area (Å²) in [4.78, 5) is 0. The van der Waals surface area contributed by atoms with Crippen LogP contribution in [0.5, 0.6) is 0 Å². The SMILES string of the molecule is N#Cc1ccc(Cl)c(NC2CCCC2C2CCCCN2)c1. The lowest BCUT2D eigenvalue weighted by molar-refractivity contribution is 0.286. The van der Waals surface area contributed by atoms with E-state index in [1.165, 1.54) is 38.5 Å². The van der Waals surface area contributed by atoms with Gasteiger partial charge in [-0.05, 0) is 56.3 Å². The Balaban J connectivity index is 1.72. The van der Waals surface area contributed by atoms with Gasteiger partial charge in [0.1, 0.15) is 0 Å². The fourth-order valence-corrected chi connectivity index (χ4v) is 3.97. The zero-order chi connectivity index (χ0) is 14.7. The molecule has 0 bridgehead atoms. The first kappa shape index (κ1) is 14.7. The van der Waals surface area contributed by atoms with Gasteiger partial charge in [-0.15, -0.1) is 0 Å². The Morgan fingerprint density at radius 3 is 2.86 bits per heavy atom. The second-order valence-electron chi connectivity index (χ2n) is 6.21. The third kappa shape index (κ3) is 3.33. The monoisotopic (exact) mass is 303 g/mol. The smallest absolute Gasteiger partial charge is 0.0992 e. The average Bonchev–Trinajstić information content (AvgIpc) is 2.98. The summed E-state index contributed by atoms with van der Waals surface area (Å²) in [5.74, 6) is 0.673. The molecule has 1 aliphatic heterocycles. The summed E-state index contributed by atoms with van der Waals surface area (Å²) in [6.45, 7) is 1.15. The van der Waals surface area contributed by atoms with E-state index >= 15 is 0 Å². The van der Waals surface area contributed by atoms with Crippen LogP contribution in [0.25, 0.3) is 0 Å². The molecule has 0 radical (unpaired) electrons. The van der Waals surface area contributed by atoms with Gasteiger partial charge in [-0.3, -0.25) is 0 Å². The summed E-state index contributed by atoms with van der Waals surface area (Å²) in [5.41, 5.74) is 1.57. The molecule has 1 aliphatic carbocycles. The van der Waals surface area contributed by atoms with Gasteiger partial charge in [-0.2, -0.15) is 5.26 Å². The summed E-state index contributed by atoms with van der Waals surface area (Å²) >= 11 is 6.28. The maximum Gasteiger partial charge on any atom is 0.0992 e. The average molecular weight is 304 g/mol. The van der Waals surface area contributed by atoms with Crippen molar-refractivity contribution in [1.82, 2.24) is 5.32 Å². The molecule has 0 spiro atoms. The summed E-state index contributed by atoms with van der Waals surface area (Å²) in [5, 5.41) is 17.0. The van der Waals surface area contributed by atoms with Crippen molar-refractivity contribution < 1.29 is 0 Å². The zero-order valence-electron chi connectivity index (χ0n) is 12.2. The lowest BCUT2D eigenvalue weighted by Crippen LogP contribution is -2.44. The molecule has 3 atom stereocenters. The maximum absolute atomic E-state index is 9.04. The van der Waals surface area contributed by atoms with Gasteiger partial charge >= 0.3 is 0 Å². The molecule has 1 aromatic rings. The Morgan fingerprint density at radius 2 is 2.10 bits per heavy atom. The predicted octanol–water partition coefficient (Wildman–Crippen LogP) is 3.93. The first-order chi connectivity index (χ1) is 10.3. The van der Waals surface area contributed by atoms with Crippen LogP contribution < -0.4 is 10.6 Å². The van der Waals surface area contributed by atoms with Gasteiger partial charge in [-0.25, -0.2) is 0 Å². The van der Waals surface area contributed by atoms with Crippen molar-refractivity contribution in [1.29, 1.82) is 5.26 Å². The minimum absolute atomic E-state index is 0.465. The number of benzene rings is 1. The summed E-state index contributed by atoms with van der Waals surface area (Å²) in [6.07, 6.45) is 7.68. The van der Waals surface area contributed by atoms with Crippen LogP contribution in [-0.2, 0) is 0 Å². The minimum atomic E-state index is 0.465. The van der Waals surface area contributed by atoms with E-state index in [-0.39, 0.29) is 0 Å². The maximum atomic E-state index is 9.04. The van der Waals surface area contributed by atoms with E-state index in [1.807, 2.05) is 12.1 Å². The molecule has 0 aromatic heterocycles. The Bertz CT molecular complexity index is 531. The highest BCUT2D eigenvalue weighted by Crippen LogP contribution is 2.35. The van der Waals surface area contributed by atoms with E-state index in [4.69, 9.17) is 16.9 Å². The van der Waals surface area contributed by atoms with E-state index in [0.29, 0.717) is 28.6 Å². The van der Waals surface area contributed by atoms with Crippen molar-refractivity contribution in [2.75, 3.05) is 11.9 Å². The molecular weight excluding hydrogens is 282 g/mol. The topological polar surface area (TPSA) is 47.9 Å². The quantitative estimate of drug-likeness (QED) is 0.889. The first-order valence-electron chi connectivity index (χ1n) is 7.97. The molecule has 2 fully saturated rings. The van der Waals surface area contributed by atoms with Crippen molar-refractivity contribution >= 4 is 17.3 Å². The Hall–Kier alpha value is -1.24. The van der Waals surface area contributed by atoms with Gasteiger partial charge < -0.3 is 10.6 Å². The Morgan fingerprint density at radius 1 is 1.19 bits per heavy atom. The van der Waals surface area contributed by atoms with Crippen molar-refractivity contribution in [3.63, 3.8) is 0 Å². The molecule has 21 heavy (non-hydrogen) atoms. The lowest BCUT2D eigenvalue weighted by Gasteiger charge is -2.33. The molecule has 2 N–H and O–H groups in total. The van der Waals surface area contributed by atoms with Crippen molar-refractivity contribution in [2.24, 2.45) is 5.92 Å². The summed E-state index contributed by atoms with van der Waals surface area (Å²) in [6, 6.07) is 8.73. The van der Waals surface area contributed by atoms with Crippen LogP contribution in [0, 0.1) is 17.2 Å². The molecule has 2 aliphatic rings. The van der Waals surface area contributed by atoms with E-state index in [2.05, 4.69) is 16.7 Å². The largest absolute Gasteiger partial charge is 0.381 e. The normalized spacial score (nSPS) is 29.0. The molecule has 112 valence electrons. The van der Waals surface area contributed by atoms with Crippen LogP contribution in [0.4, 0.5) is 5.69 Å². The third-order valence-corrected chi connectivity index (χ3v) is 5.20. The number of hydrogen-bond donors (Lipinski definition) is 2. The number of nitrogens with one attached hydrogen (secondary N) is 2. The van der Waals surface area contributed by atoms with Crippen molar-refractivity contribution in [3.05, 3.63) is 28.8 Å². The number of nitriles is 1. The van der Waals surface area contributed by atoms with Crippen molar-refractivity contribution in [2.45, 2.75) is 50.6 Å². The fraction of sp³-hybridized carbons (Fsp3) is 0.588. The van der Waals surface area contributed by atoms with E-state index in [0.717, 1.165) is 12.2 Å². The van der Waals surface area contributed by atoms with Crippen LogP contribution >= 0.6 is 11.6 Å². The minimum Gasteiger partial charge on any atom is -0.381 e. The molecule has 1 aromatic carbocycles. The number of nitrogens with zero attached hydrogens (tertiary/aromatic N) is 1. The highest BCUT2D eigenvalue weighted by molar-refractivity contribution is 6.33. The van der Waals surface area contributed by atoms with E-state index < -0.39 is 0 Å². The summed E-state index contributed by atoms with van der Waals surface area (Å²) < 4.78 is 0. The number of hydrogen-bond acceptors (Lipinski definition) is 3. The molecule has 3 unspecified atom stereocenters. The molecular formula is C17H22ClN3. The molecule has 4 heteroatoms. The molecule has 1 saturated carbocycles. The van der Waals surface area contributed by atoms with Crippen LogP contribution in [0.3, 0.4) is 0 Å². The van der Waals surface area contributed by atoms with Crippen LogP contribution in [0.2, 0.25) is 5.02 Å². The molecule has 1 heterocycles. The van der Waals surface area contributed by atoms with Crippen molar-refractivity contribution in [3.8, 4) is 6.07 Å². The highest BCUT2D eigenvalue weighted by Gasteiger charge is 2.34. The van der Waals surface area contributed by atoms with Crippen LogP contribution in [0.15, 0.2) is 18.2 Å². The van der Waals surface area contributed by atoms with Gasteiger partial charge in [0, 0.05) is 12.1 Å². The van der Waals surface area contributed by atoms with Crippen LogP contribution in [-0.4, -0.2) is 18.6 Å². The number of anilines is 1. The lowest BCUT2D eigenvalue weighted by atomic mass is 9.88. The standard InChI is InChI=1S/C17H22ClN3/c18-14-8-7-12(11-19)10-17(14)21-16-6-3-4-13(16)15-5-1-2-9-20-15/h7-8,10,13,15-16,20-21H,1-6,9H2. The summed E-state index contributed by atoms with van der Waals surface area (Å²) in [7, 11) is 0. The Kier molecular flexibility index (Phi) is 4.67. The van der Waals surface area contributed by atoms with E-state index in [1.54, 1.807) is 6.07 Å². The number of rotatable bonds is 3. The number of halogens is 1. The first-order valence-corrected chi connectivity index (χ1v) is 8.35. The third-order valence-electron chi connectivity index (χ3n) is 4.87. The molecule has 3 rings (SSSR count). The van der Waals surface area contributed by atoms with Gasteiger partial charge in [0.2, 0.25) is 0 Å². The molecule has 0 amide bonds. The fourth-order valence-electron chi connectivity index (χ4n) is 3.80. The Labute approximate surface area is 131 Å².